The van der Waals surface area contributed by atoms with E-state index in [1.807, 2.05) is 27.7 Å². The molecule has 1 heterocycles. The van der Waals surface area contributed by atoms with Crippen molar-refractivity contribution in [3.63, 3.8) is 0 Å². The summed E-state index contributed by atoms with van der Waals surface area (Å²) in [5.74, 6) is -0.0605. The summed E-state index contributed by atoms with van der Waals surface area (Å²) in [5.41, 5.74) is 1.10. The molecule has 0 saturated heterocycles. The average Bonchev–Trinajstić information content (AvgIpc) is 2.67. The van der Waals surface area contributed by atoms with Crippen molar-refractivity contribution in [3.05, 3.63) is 11.4 Å². The summed E-state index contributed by atoms with van der Waals surface area (Å²) in [6, 6.07) is 0.245. The average molecular weight is 239 g/mol. The number of carbonyl (C=O) groups excluding carboxylic acids is 1. The Morgan fingerprint density at radius 3 is 2.59 bits per heavy atom. The van der Waals surface area contributed by atoms with Gasteiger partial charge in [0.15, 0.2) is 5.69 Å². The zero-order valence-electron chi connectivity index (χ0n) is 11.2. The van der Waals surface area contributed by atoms with Gasteiger partial charge in [-0.1, -0.05) is 26.0 Å². The fourth-order valence-electron chi connectivity index (χ4n) is 1.43. The highest BCUT2D eigenvalue weighted by Gasteiger charge is 2.19. The molecule has 0 fully saturated rings. The Balaban J connectivity index is 2.78. The van der Waals surface area contributed by atoms with Crippen molar-refractivity contribution in [2.45, 2.75) is 47.1 Å². The lowest BCUT2D eigenvalue weighted by molar-refractivity contribution is 0.0451. The van der Waals surface area contributed by atoms with E-state index in [0.717, 1.165) is 12.1 Å². The molecule has 1 rings (SSSR count). The lowest BCUT2D eigenvalue weighted by Crippen LogP contribution is -2.13. The number of esters is 1. The van der Waals surface area contributed by atoms with Gasteiger partial charge in [0, 0.05) is 0 Å². The van der Waals surface area contributed by atoms with Crippen LogP contribution in [0.1, 0.15) is 56.3 Å². The molecule has 0 aliphatic heterocycles. The molecule has 96 valence electrons. The highest BCUT2D eigenvalue weighted by molar-refractivity contribution is 5.88. The molecular weight excluding hydrogens is 218 g/mol. The maximum absolute atomic E-state index is 11.8. The zero-order valence-corrected chi connectivity index (χ0v) is 11.2. The summed E-state index contributed by atoms with van der Waals surface area (Å²) >= 11 is 0. The summed E-state index contributed by atoms with van der Waals surface area (Å²) in [4.78, 5) is 11.8. The summed E-state index contributed by atoms with van der Waals surface area (Å²) in [5, 5.41) is 7.90. The van der Waals surface area contributed by atoms with Gasteiger partial charge in [-0.15, -0.1) is 5.10 Å². The standard InChI is InChI=1S/C12H21N3O2/c1-6-9(4)15-10(5)11(13-14-15)12(16)17-7-8(2)3/h8-9H,6-7H2,1-5H3. The first-order valence-corrected chi connectivity index (χ1v) is 6.06. The van der Waals surface area contributed by atoms with Crippen LogP contribution < -0.4 is 0 Å². The van der Waals surface area contributed by atoms with E-state index in [9.17, 15) is 4.79 Å². The van der Waals surface area contributed by atoms with Crippen LogP contribution in [0.2, 0.25) is 0 Å². The van der Waals surface area contributed by atoms with Crippen LogP contribution in [0.4, 0.5) is 0 Å². The van der Waals surface area contributed by atoms with Gasteiger partial charge >= 0.3 is 5.97 Å². The van der Waals surface area contributed by atoms with Crippen LogP contribution in [0.3, 0.4) is 0 Å². The van der Waals surface area contributed by atoms with E-state index < -0.39 is 0 Å². The molecule has 1 unspecified atom stereocenters. The molecule has 0 spiro atoms. The fourth-order valence-corrected chi connectivity index (χ4v) is 1.43. The Kier molecular flexibility index (Phi) is 4.66. The molecular formula is C12H21N3O2. The molecule has 0 radical (unpaired) electrons. The van der Waals surface area contributed by atoms with Crippen molar-refractivity contribution in [1.29, 1.82) is 0 Å². The molecule has 17 heavy (non-hydrogen) atoms. The Morgan fingerprint density at radius 2 is 2.06 bits per heavy atom. The second kappa shape index (κ2) is 5.80. The third-order valence-corrected chi connectivity index (χ3v) is 2.68. The molecule has 0 aromatic carbocycles. The number of ether oxygens (including phenoxy) is 1. The van der Waals surface area contributed by atoms with E-state index in [0.29, 0.717) is 18.2 Å². The molecule has 0 saturated carbocycles. The molecule has 1 atom stereocenters. The molecule has 0 amide bonds. The number of carbonyl (C=O) groups is 1. The summed E-state index contributed by atoms with van der Waals surface area (Å²) in [6.07, 6.45) is 0.949. The number of hydrogen-bond donors (Lipinski definition) is 0. The third-order valence-electron chi connectivity index (χ3n) is 2.68. The summed E-state index contributed by atoms with van der Waals surface area (Å²) in [6.45, 7) is 10.4. The summed E-state index contributed by atoms with van der Waals surface area (Å²) in [7, 11) is 0. The lowest BCUT2D eigenvalue weighted by Gasteiger charge is -2.10. The monoisotopic (exact) mass is 239 g/mol. The predicted octanol–water partition coefficient (Wildman–Crippen LogP) is 2.37. The molecule has 5 heteroatoms. The van der Waals surface area contributed by atoms with Gasteiger partial charge in [-0.25, -0.2) is 9.48 Å². The number of hydrogen-bond acceptors (Lipinski definition) is 4. The van der Waals surface area contributed by atoms with Crippen LogP contribution in [0, 0.1) is 12.8 Å². The van der Waals surface area contributed by atoms with Crippen molar-refractivity contribution in [2.24, 2.45) is 5.92 Å². The second-order valence-electron chi connectivity index (χ2n) is 4.72. The van der Waals surface area contributed by atoms with Crippen LogP contribution >= 0.6 is 0 Å². The van der Waals surface area contributed by atoms with Gasteiger partial charge in [-0.05, 0) is 26.2 Å². The van der Waals surface area contributed by atoms with Gasteiger partial charge in [0.25, 0.3) is 0 Å². The van der Waals surface area contributed by atoms with Crippen molar-refractivity contribution in [3.8, 4) is 0 Å². The van der Waals surface area contributed by atoms with E-state index in [-0.39, 0.29) is 12.0 Å². The Morgan fingerprint density at radius 1 is 1.41 bits per heavy atom. The SMILES string of the molecule is CCC(C)n1nnc(C(=O)OCC(C)C)c1C. The lowest BCUT2D eigenvalue weighted by atomic mass is 10.2. The number of aromatic nitrogens is 3. The van der Waals surface area contributed by atoms with Gasteiger partial charge in [-0.2, -0.15) is 0 Å². The molecule has 0 aliphatic rings. The predicted molar refractivity (Wildman–Crippen MR) is 64.9 cm³/mol. The van der Waals surface area contributed by atoms with Crippen molar-refractivity contribution in [2.75, 3.05) is 6.61 Å². The van der Waals surface area contributed by atoms with Gasteiger partial charge in [0.1, 0.15) is 0 Å². The number of nitrogens with zero attached hydrogens (tertiary/aromatic N) is 3. The van der Waals surface area contributed by atoms with E-state index in [2.05, 4.69) is 17.2 Å². The van der Waals surface area contributed by atoms with Crippen LogP contribution in [0.15, 0.2) is 0 Å². The van der Waals surface area contributed by atoms with E-state index in [4.69, 9.17) is 4.74 Å². The van der Waals surface area contributed by atoms with Gasteiger partial charge in [-0.3, -0.25) is 0 Å². The fraction of sp³-hybridized carbons (Fsp3) is 0.750. The van der Waals surface area contributed by atoms with Gasteiger partial charge < -0.3 is 4.74 Å². The quantitative estimate of drug-likeness (QED) is 0.740. The van der Waals surface area contributed by atoms with Crippen molar-refractivity contribution in [1.82, 2.24) is 15.0 Å². The van der Waals surface area contributed by atoms with Crippen molar-refractivity contribution < 1.29 is 9.53 Å². The van der Waals surface area contributed by atoms with Crippen LogP contribution in [-0.2, 0) is 4.74 Å². The minimum atomic E-state index is -0.384. The Labute approximate surface area is 102 Å². The normalized spacial score (nSPS) is 12.8. The van der Waals surface area contributed by atoms with Gasteiger partial charge in [0.2, 0.25) is 0 Å². The van der Waals surface area contributed by atoms with Crippen LogP contribution in [0.25, 0.3) is 0 Å². The highest BCUT2D eigenvalue weighted by atomic mass is 16.5. The molecule has 1 aromatic heterocycles. The maximum atomic E-state index is 11.8. The Bertz CT molecular complexity index is 385. The van der Waals surface area contributed by atoms with Gasteiger partial charge in [0.05, 0.1) is 18.3 Å². The smallest absolute Gasteiger partial charge is 0.360 e. The Hall–Kier alpha value is -1.39. The second-order valence-corrected chi connectivity index (χ2v) is 4.72. The molecule has 1 aromatic rings. The first-order valence-electron chi connectivity index (χ1n) is 6.06. The number of rotatable bonds is 5. The van der Waals surface area contributed by atoms with E-state index >= 15 is 0 Å². The molecule has 5 nitrogen and oxygen atoms in total. The first kappa shape index (κ1) is 13.7. The van der Waals surface area contributed by atoms with E-state index in [1.54, 1.807) is 4.68 Å². The maximum Gasteiger partial charge on any atom is 0.360 e. The molecule has 0 N–H and O–H groups in total. The minimum Gasteiger partial charge on any atom is -0.461 e. The van der Waals surface area contributed by atoms with Crippen molar-refractivity contribution >= 4 is 5.97 Å². The highest BCUT2D eigenvalue weighted by Crippen LogP contribution is 2.14. The molecule has 0 aliphatic carbocycles. The topological polar surface area (TPSA) is 57.0 Å². The first-order chi connectivity index (χ1) is 7.97. The summed E-state index contributed by atoms with van der Waals surface area (Å²) < 4.78 is 6.91. The van der Waals surface area contributed by atoms with E-state index in [1.165, 1.54) is 0 Å². The molecule has 0 bridgehead atoms. The minimum absolute atomic E-state index is 0.245. The zero-order chi connectivity index (χ0) is 13.0. The van der Waals surface area contributed by atoms with Crippen LogP contribution in [0.5, 0.6) is 0 Å². The third kappa shape index (κ3) is 3.28. The van der Waals surface area contributed by atoms with Crippen LogP contribution in [-0.4, -0.2) is 27.6 Å². The largest absolute Gasteiger partial charge is 0.461 e.